The standard InChI is InChI=1S/C15H19BrS/c16-14(11-8-9-11)6-3-4-12-10-17-15-7-2-1-5-13(12)15/h1-2,5,7,11-12,14H,3-4,6,8-10H2. The second-order valence-electron chi connectivity index (χ2n) is 5.33. The molecule has 1 aromatic carbocycles. The van der Waals surface area contributed by atoms with Gasteiger partial charge >= 0.3 is 0 Å². The normalized spacial score (nSPS) is 24.6. The van der Waals surface area contributed by atoms with Crippen LogP contribution >= 0.6 is 27.7 Å². The van der Waals surface area contributed by atoms with Crippen LogP contribution in [-0.4, -0.2) is 10.6 Å². The highest BCUT2D eigenvalue weighted by molar-refractivity contribution is 9.09. The number of hydrogen-bond donors (Lipinski definition) is 0. The molecular formula is C15H19BrS. The van der Waals surface area contributed by atoms with E-state index >= 15 is 0 Å². The fourth-order valence-electron chi connectivity index (χ4n) is 2.72. The van der Waals surface area contributed by atoms with E-state index in [0.717, 1.165) is 16.7 Å². The highest BCUT2D eigenvalue weighted by atomic mass is 79.9. The number of thioether (sulfide) groups is 1. The summed E-state index contributed by atoms with van der Waals surface area (Å²) in [6.45, 7) is 0. The molecule has 0 saturated heterocycles. The molecule has 2 unspecified atom stereocenters. The lowest BCUT2D eigenvalue weighted by molar-refractivity contribution is 0.581. The first-order valence-corrected chi connectivity index (χ1v) is 8.60. The van der Waals surface area contributed by atoms with E-state index in [-0.39, 0.29) is 0 Å². The molecule has 0 amide bonds. The number of alkyl halides is 1. The first-order chi connectivity index (χ1) is 8.34. The molecule has 0 radical (unpaired) electrons. The molecule has 1 fully saturated rings. The topological polar surface area (TPSA) is 0 Å². The lowest BCUT2D eigenvalue weighted by atomic mass is 9.95. The summed E-state index contributed by atoms with van der Waals surface area (Å²) in [6, 6.07) is 8.95. The number of benzene rings is 1. The summed E-state index contributed by atoms with van der Waals surface area (Å²) in [5.74, 6) is 3.12. The van der Waals surface area contributed by atoms with Crippen molar-refractivity contribution in [2.45, 2.75) is 47.7 Å². The van der Waals surface area contributed by atoms with Crippen LogP contribution in [-0.2, 0) is 0 Å². The Balaban J connectivity index is 1.50. The fraction of sp³-hybridized carbons (Fsp3) is 0.600. The molecule has 2 aliphatic rings. The summed E-state index contributed by atoms with van der Waals surface area (Å²) in [6.07, 6.45) is 7.04. The molecule has 3 rings (SSSR count). The minimum Gasteiger partial charge on any atom is -0.125 e. The third-order valence-electron chi connectivity index (χ3n) is 3.96. The molecule has 0 N–H and O–H groups in total. The quantitative estimate of drug-likeness (QED) is 0.672. The van der Waals surface area contributed by atoms with E-state index in [9.17, 15) is 0 Å². The van der Waals surface area contributed by atoms with Gasteiger partial charge in [-0.15, -0.1) is 11.8 Å². The van der Waals surface area contributed by atoms with Gasteiger partial charge in [-0.05, 0) is 49.1 Å². The lowest BCUT2D eigenvalue weighted by Crippen LogP contribution is -2.03. The van der Waals surface area contributed by atoms with Crippen molar-refractivity contribution >= 4 is 27.7 Å². The third-order valence-corrected chi connectivity index (χ3v) is 6.42. The molecule has 1 aromatic rings. The van der Waals surface area contributed by atoms with Gasteiger partial charge in [0.25, 0.3) is 0 Å². The Bertz CT molecular complexity index is 386. The smallest absolute Gasteiger partial charge is 0.0174 e. The maximum atomic E-state index is 3.84. The van der Waals surface area contributed by atoms with Gasteiger partial charge in [-0.3, -0.25) is 0 Å². The fourth-order valence-corrected chi connectivity index (χ4v) is 4.88. The molecule has 2 heteroatoms. The van der Waals surface area contributed by atoms with Crippen LogP contribution in [0.5, 0.6) is 0 Å². The van der Waals surface area contributed by atoms with Gasteiger partial charge in [0.2, 0.25) is 0 Å². The number of fused-ring (bicyclic) bond motifs is 1. The van der Waals surface area contributed by atoms with E-state index in [1.54, 1.807) is 5.56 Å². The van der Waals surface area contributed by atoms with Gasteiger partial charge in [0.05, 0.1) is 0 Å². The Hall–Kier alpha value is 0.0500. The molecule has 0 aromatic heterocycles. The largest absolute Gasteiger partial charge is 0.125 e. The molecule has 2 atom stereocenters. The molecule has 1 aliphatic carbocycles. The van der Waals surface area contributed by atoms with Crippen molar-refractivity contribution in [2.75, 3.05) is 5.75 Å². The molecule has 0 spiro atoms. The van der Waals surface area contributed by atoms with Crippen molar-refractivity contribution in [3.63, 3.8) is 0 Å². The van der Waals surface area contributed by atoms with Crippen LogP contribution in [0.2, 0.25) is 0 Å². The van der Waals surface area contributed by atoms with Gasteiger partial charge < -0.3 is 0 Å². The summed E-state index contributed by atoms with van der Waals surface area (Å²) in [7, 11) is 0. The lowest BCUT2D eigenvalue weighted by Gasteiger charge is -2.12. The number of rotatable bonds is 5. The minimum absolute atomic E-state index is 0.798. The van der Waals surface area contributed by atoms with E-state index in [1.807, 2.05) is 11.8 Å². The van der Waals surface area contributed by atoms with E-state index in [4.69, 9.17) is 0 Å². The van der Waals surface area contributed by atoms with E-state index in [2.05, 4.69) is 40.2 Å². The molecule has 1 heterocycles. The third kappa shape index (κ3) is 2.90. The Morgan fingerprint density at radius 3 is 2.94 bits per heavy atom. The Morgan fingerprint density at radius 2 is 2.12 bits per heavy atom. The highest BCUT2D eigenvalue weighted by Crippen LogP contribution is 2.43. The van der Waals surface area contributed by atoms with Crippen LogP contribution in [0, 0.1) is 5.92 Å². The van der Waals surface area contributed by atoms with Crippen molar-refractivity contribution in [3.8, 4) is 0 Å². The van der Waals surface area contributed by atoms with Gasteiger partial charge in [-0.1, -0.05) is 40.5 Å². The van der Waals surface area contributed by atoms with Crippen molar-refractivity contribution < 1.29 is 0 Å². The molecule has 92 valence electrons. The predicted octanol–water partition coefficient (Wildman–Crippen LogP) is 5.22. The SMILES string of the molecule is BrC(CCCC1CSc2ccccc21)C1CC1. The molecule has 17 heavy (non-hydrogen) atoms. The van der Waals surface area contributed by atoms with Crippen LogP contribution in [0.3, 0.4) is 0 Å². The maximum Gasteiger partial charge on any atom is 0.0174 e. The summed E-state index contributed by atoms with van der Waals surface area (Å²) in [4.78, 5) is 2.32. The van der Waals surface area contributed by atoms with Crippen LogP contribution in [0.4, 0.5) is 0 Å². The first kappa shape index (κ1) is 12.1. The molecule has 0 bridgehead atoms. The highest BCUT2D eigenvalue weighted by Gasteiger charge is 2.29. The van der Waals surface area contributed by atoms with Crippen molar-refractivity contribution in [3.05, 3.63) is 29.8 Å². The zero-order valence-electron chi connectivity index (χ0n) is 10.1. The van der Waals surface area contributed by atoms with Gasteiger partial charge in [0.1, 0.15) is 0 Å². The van der Waals surface area contributed by atoms with Crippen LogP contribution in [0.25, 0.3) is 0 Å². The van der Waals surface area contributed by atoms with E-state index in [1.165, 1.54) is 42.8 Å². The van der Waals surface area contributed by atoms with Gasteiger partial charge in [-0.2, -0.15) is 0 Å². The van der Waals surface area contributed by atoms with Crippen LogP contribution in [0.1, 0.15) is 43.6 Å². The van der Waals surface area contributed by atoms with Crippen molar-refractivity contribution in [2.24, 2.45) is 5.92 Å². The average molecular weight is 311 g/mol. The predicted molar refractivity (Wildman–Crippen MR) is 79.2 cm³/mol. The number of hydrogen-bond acceptors (Lipinski definition) is 1. The summed E-state index contributed by atoms with van der Waals surface area (Å²) in [5, 5.41) is 0. The van der Waals surface area contributed by atoms with Crippen molar-refractivity contribution in [1.29, 1.82) is 0 Å². The van der Waals surface area contributed by atoms with Gasteiger partial charge in [-0.25, -0.2) is 0 Å². The van der Waals surface area contributed by atoms with E-state index in [0.29, 0.717) is 0 Å². The van der Waals surface area contributed by atoms with Gasteiger partial charge in [0.15, 0.2) is 0 Å². The Morgan fingerprint density at radius 1 is 1.29 bits per heavy atom. The summed E-state index contributed by atoms with van der Waals surface area (Å²) >= 11 is 5.88. The van der Waals surface area contributed by atoms with Gasteiger partial charge in [0, 0.05) is 15.5 Å². The molecular weight excluding hydrogens is 292 g/mol. The Labute approximate surface area is 117 Å². The second kappa shape index (κ2) is 5.36. The zero-order chi connectivity index (χ0) is 11.7. The van der Waals surface area contributed by atoms with E-state index < -0.39 is 0 Å². The Kier molecular flexibility index (Phi) is 3.81. The summed E-state index contributed by atoms with van der Waals surface area (Å²) < 4.78 is 0. The summed E-state index contributed by atoms with van der Waals surface area (Å²) in [5.41, 5.74) is 1.61. The minimum atomic E-state index is 0.798. The van der Waals surface area contributed by atoms with Crippen molar-refractivity contribution in [1.82, 2.24) is 0 Å². The van der Waals surface area contributed by atoms with Crippen LogP contribution in [0.15, 0.2) is 29.2 Å². The zero-order valence-corrected chi connectivity index (χ0v) is 12.5. The molecule has 1 saturated carbocycles. The molecule has 1 aliphatic heterocycles. The maximum absolute atomic E-state index is 3.84. The average Bonchev–Trinajstić information content (AvgIpc) is 3.12. The molecule has 0 nitrogen and oxygen atoms in total. The first-order valence-electron chi connectivity index (χ1n) is 6.70. The second-order valence-corrected chi connectivity index (χ2v) is 7.57. The monoisotopic (exact) mass is 310 g/mol. The van der Waals surface area contributed by atoms with Crippen LogP contribution < -0.4 is 0 Å². The number of halogens is 1.